The van der Waals surface area contributed by atoms with Crippen molar-refractivity contribution in [1.29, 1.82) is 0 Å². The summed E-state index contributed by atoms with van der Waals surface area (Å²) in [5, 5.41) is 19.4. The first-order chi connectivity index (χ1) is 9.85. The summed E-state index contributed by atoms with van der Waals surface area (Å²) < 4.78 is 57.9. The number of methoxy groups -OCH3 is 1. The van der Waals surface area contributed by atoms with Crippen LogP contribution < -0.4 is 4.74 Å². The lowest BCUT2D eigenvalue weighted by Gasteiger charge is -2.40. The minimum atomic E-state index is -5.03. The molecule has 0 saturated heterocycles. The van der Waals surface area contributed by atoms with Gasteiger partial charge >= 0.3 is 6.18 Å². The summed E-state index contributed by atoms with van der Waals surface area (Å²) in [6, 6.07) is 3.50. The third kappa shape index (κ3) is 3.52. The molecule has 0 bridgehead atoms. The van der Waals surface area contributed by atoms with Crippen molar-refractivity contribution in [2.75, 3.05) is 7.11 Å². The van der Waals surface area contributed by atoms with E-state index in [0.29, 0.717) is 0 Å². The van der Waals surface area contributed by atoms with E-state index in [4.69, 9.17) is 4.74 Å². The number of aliphatic hydroxyl groups excluding tert-OH is 1. The molecule has 0 aliphatic heterocycles. The number of ether oxygens (including phenoxy) is 1. The van der Waals surface area contributed by atoms with Crippen LogP contribution in [-0.2, 0) is 5.41 Å². The largest absolute Gasteiger partial charge is 0.496 e. The number of alkyl halides is 3. The predicted octanol–water partition coefficient (Wildman–Crippen LogP) is 3.18. The zero-order valence-electron chi connectivity index (χ0n) is 12.8. The van der Waals surface area contributed by atoms with Gasteiger partial charge in [0.25, 0.3) is 0 Å². The second kappa shape index (κ2) is 6.04. The molecule has 0 saturated carbocycles. The molecule has 0 aliphatic carbocycles. The summed E-state index contributed by atoms with van der Waals surface area (Å²) >= 11 is 0. The van der Waals surface area contributed by atoms with Gasteiger partial charge in [0.2, 0.25) is 0 Å². The molecule has 7 heteroatoms. The van der Waals surface area contributed by atoms with Gasteiger partial charge in [0.15, 0.2) is 5.60 Å². The maximum atomic E-state index is 13.4. The Balaban J connectivity index is 3.32. The first kappa shape index (κ1) is 18.7. The molecule has 0 heterocycles. The molecule has 2 N–H and O–H groups in total. The van der Waals surface area contributed by atoms with Gasteiger partial charge in [-0.15, -0.1) is 0 Å². The molecule has 2 unspecified atom stereocenters. The van der Waals surface area contributed by atoms with Gasteiger partial charge in [-0.25, -0.2) is 4.39 Å². The van der Waals surface area contributed by atoms with Crippen molar-refractivity contribution in [3.63, 3.8) is 0 Å². The smallest absolute Gasteiger partial charge is 0.419 e. The van der Waals surface area contributed by atoms with E-state index < -0.39 is 35.5 Å². The lowest BCUT2D eigenvalue weighted by Crippen LogP contribution is -2.56. The van der Waals surface area contributed by atoms with Gasteiger partial charge < -0.3 is 14.9 Å². The predicted molar refractivity (Wildman–Crippen MR) is 73.3 cm³/mol. The van der Waals surface area contributed by atoms with E-state index in [2.05, 4.69) is 0 Å². The van der Waals surface area contributed by atoms with Gasteiger partial charge in [0, 0.05) is 5.56 Å². The van der Waals surface area contributed by atoms with E-state index in [0.717, 1.165) is 19.1 Å². The molecule has 126 valence electrons. The number of benzene rings is 1. The molecule has 0 fully saturated rings. The molecule has 22 heavy (non-hydrogen) atoms. The number of hydrogen-bond acceptors (Lipinski definition) is 3. The van der Waals surface area contributed by atoms with E-state index in [-0.39, 0.29) is 11.3 Å². The van der Waals surface area contributed by atoms with Crippen molar-refractivity contribution in [1.82, 2.24) is 0 Å². The third-order valence-electron chi connectivity index (χ3n) is 3.78. The quantitative estimate of drug-likeness (QED) is 0.818. The topological polar surface area (TPSA) is 49.7 Å². The minimum Gasteiger partial charge on any atom is -0.496 e. The van der Waals surface area contributed by atoms with E-state index in [1.54, 1.807) is 0 Å². The van der Waals surface area contributed by atoms with Crippen LogP contribution in [0.4, 0.5) is 17.6 Å². The van der Waals surface area contributed by atoms with Gasteiger partial charge in [-0.2, -0.15) is 13.2 Å². The van der Waals surface area contributed by atoms with E-state index in [1.807, 2.05) is 0 Å². The van der Waals surface area contributed by atoms with Gasteiger partial charge in [-0.1, -0.05) is 13.8 Å². The summed E-state index contributed by atoms with van der Waals surface area (Å²) in [7, 11) is 1.32. The molecule has 1 rings (SSSR count). The normalized spacial score (nSPS) is 17.0. The van der Waals surface area contributed by atoms with Crippen molar-refractivity contribution < 1.29 is 32.5 Å². The lowest BCUT2D eigenvalue weighted by atomic mass is 9.73. The molecule has 3 nitrogen and oxygen atoms in total. The summed E-state index contributed by atoms with van der Waals surface area (Å²) in [4.78, 5) is 0. The van der Waals surface area contributed by atoms with Crippen molar-refractivity contribution in [2.24, 2.45) is 0 Å². The first-order valence-electron chi connectivity index (χ1n) is 6.66. The fraction of sp³-hybridized carbons (Fsp3) is 0.600. The lowest BCUT2D eigenvalue weighted by molar-refractivity contribution is -0.294. The average molecular weight is 324 g/mol. The number of rotatable bonds is 5. The Morgan fingerprint density at radius 2 is 1.77 bits per heavy atom. The summed E-state index contributed by atoms with van der Waals surface area (Å²) in [6.45, 7) is 3.71. The minimum absolute atomic E-state index is 0.179. The number of halogens is 4. The molecule has 2 atom stereocenters. The van der Waals surface area contributed by atoms with Crippen LogP contribution in [0.2, 0.25) is 0 Å². The van der Waals surface area contributed by atoms with Crippen LogP contribution in [0, 0.1) is 5.82 Å². The van der Waals surface area contributed by atoms with Crippen LogP contribution in [0.25, 0.3) is 0 Å². The zero-order chi connectivity index (χ0) is 17.3. The van der Waals surface area contributed by atoms with Crippen molar-refractivity contribution >= 4 is 0 Å². The highest BCUT2D eigenvalue weighted by atomic mass is 19.4. The fourth-order valence-electron chi connectivity index (χ4n) is 2.46. The van der Waals surface area contributed by atoms with Crippen LogP contribution in [0.1, 0.15) is 32.8 Å². The van der Waals surface area contributed by atoms with E-state index in [9.17, 15) is 27.8 Å². The Morgan fingerprint density at radius 3 is 2.18 bits per heavy atom. The standard InChI is InChI=1S/C15H20F4O3/c1-9(20)14(21,15(17,18)19)8-13(2,3)11-7-10(16)5-6-12(11)22-4/h5-7,9,20-21H,8H2,1-4H3. The Kier molecular flexibility index (Phi) is 5.14. The Morgan fingerprint density at radius 1 is 1.23 bits per heavy atom. The molecular weight excluding hydrogens is 304 g/mol. The molecule has 1 aromatic rings. The highest BCUT2D eigenvalue weighted by Crippen LogP contribution is 2.45. The molecule has 0 aliphatic rings. The highest BCUT2D eigenvalue weighted by molar-refractivity contribution is 5.39. The molecule has 1 aromatic carbocycles. The second-order valence-corrected chi connectivity index (χ2v) is 6.00. The SMILES string of the molecule is COc1ccc(F)cc1C(C)(C)CC(O)(C(C)O)C(F)(F)F. The third-order valence-corrected chi connectivity index (χ3v) is 3.78. The van der Waals surface area contributed by atoms with Gasteiger partial charge in [0.05, 0.1) is 13.2 Å². The molecular formula is C15H20F4O3. The van der Waals surface area contributed by atoms with Crippen LogP contribution in [0.3, 0.4) is 0 Å². The molecule has 0 spiro atoms. The van der Waals surface area contributed by atoms with Gasteiger partial charge in [-0.05, 0) is 37.0 Å². The second-order valence-electron chi connectivity index (χ2n) is 6.00. The highest BCUT2D eigenvalue weighted by Gasteiger charge is 2.59. The molecule has 0 aromatic heterocycles. The van der Waals surface area contributed by atoms with Crippen LogP contribution in [-0.4, -0.2) is 35.2 Å². The Bertz CT molecular complexity index is 526. The van der Waals surface area contributed by atoms with Gasteiger partial charge in [0.1, 0.15) is 11.6 Å². The summed E-state index contributed by atoms with van der Waals surface area (Å²) in [5.41, 5.74) is -4.43. The van der Waals surface area contributed by atoms with Gasteiger partial charge in [-0.3, -0.25) is 0 Å². The average Bonchev–Trinajstić information content (AvgIpc) is 2.36. The fourth-order valence-corrected chi connectivity index (χ4v) is 2.46. The monoisotopic (exact) mass is 324 g/mol. The number of hydrogen-bond donors (Lipinski definition) is 2. The molecule has 0 amide bonds. The van der Waals surface area contributed by atoms with Crippen molar-refractivity contribution in [2.45, 2.75) is 50.5 Å². The van der Waals surface area contributed by atoms with Crippen LogP contribution in [0.15, 0.2) is 18.2 Å². The maximum Gasteiger partial charge on any atom is 0.419 e. The van der Waals surface area contributed by atoms with Crippen molar-refractivity contribution in [3.8, 4) is 5.75 Å². The van der Waals surface area contributed by atoms with Crippen molar-refractivity contribution in [3.05, 3.63) is 29.6 Å². The zero-order valence-corrected chi connectivity index (χ0v) is 12.8. The van der Waals surface area contributed by atoms with E-state index in [1.165, 1.54) is 27.0 Å². The Hall–Kier alpha value is -1.34. The Labute approximate surface area is 126 Å². The van der Waals surface area contributed by atoms with Crippen LogP contribution >= 0.6 is 0 Å². The van der Waals surface area contributed by atoms with E-state index >= 15 is 0 Å². The van der Waals surface area contributed by atoms with Crippen LogP contribution in [0.5, 0.6) is 5.75 Å². The maximum absolute atomic E-state index is 13.4. The first-order valence-corrected chi connectivity index (χ1v) is 6.66. The summed E-state index contributed by atoms with van der Waals surface area (Å²) in [6.07, 6.45) is -7.91. The molecule has 0 radical (unpaired) electrons. The summed E-state index contributed by atoms with van der Waals surface area (Å²) in [5.74, 6) is -0.419. The number of aliphatic hydroxyl groups is 2.